The van der Waals surface area contributed by atoms with E-state index in [9.17, 15) is 9.59 Å². The molecule has 5 nitrogen and oxygen atoms in total. The zero-order valence-corrected chi connectivity index (χ0v) is 15.5. The number of benzene rings is 1. The van der Waals surface area contributed by atoms with Crippen LogP contribution in [0.2, 0.25) is 0 Å². The van der Waals surface area contributed by atoms with Crippen molar-refractivity contribution in [3.63, 3.8) is 0 Å². The number of esters is 1. The summed E-state index contributed by atoms with van der Waals surface area (Å²) in [6.45, 7) is 4.39. The highest BCUT2D eigenvalue weighted by Gasteiger charge is 2.09. The standard InChI is InChI=1S/C21H30O5/c1-2-20(22)26-17-13-9-7-5-3-4-6-8-12-16-25-19-15-11-10-14-18(19)21(23)24/h2,10-11,14-15H,1,3-9,12-13,16-17H2,(H,23,24). The number of unbranched alkanes of at least 4 members (excludes halogenated alkanes) is 8. The van der Waals surface area contributed by atoms with Gasteiger partial charge in [0, 0.05) is 6.08 Å². The van der Waals surface area contributed by atoms with Crippen molar-refractivity contribution in [3.05, 3.63) is 42.5 Å². The van der Waals surface area contributed by atoms with Crippen molar-refractivity contribution in [1.82, 2.24) is 0 Å². The fraction of sp³-hybridized carbons (Fsp3) is 0.524. The molecule has 0 atom stereocenters. The number of hydrogen-bond acceptors (Lipinski definition) is 4. The zero-order chi connectivity index (χ0) is 19.0. The predicted molar refractivity (Wildman–Crippen MR) is 102 cm³/mol. The third-order valence-electron chi connectivity index (χ3n) is 4.07. The molecule has 0 unspecified atom stereocenters. The molecule has 0 amide bonds. The van der Waals surface area contributed by atoms with Crippen LogP contribution in [-0.2, 0) is 9.53 Å². The Kier molecular flexibility index (Phi) is 11.6. The number of carboxylic acid groups (broad SMARTS) is 1. The first-order chi connectivity index (χ1) is 12.6. The molecule has 0 saturated carbocycles. The Bertz CT molecular complexity index is 553. The summed E-state index contributed by atoms with van der Waals surface area (Å²) >= 11 is 0. The number of ether oxygens (including phenoxy) is 2. The molecule has 0 heterocycles. The maximum atomic E-state index is 11.1. The van der Waals surface area contributed by atoms with E-state index in [2.05, 4.69) is 6.58 Å². The Hall–Kier alpha value is -2.30. The monoisotopic (exact) mass is 362 g/mol. The van der Waals surface area contributed by atoms with Gasteiger partial charge >= 0.3 is 11.9 Å². The van der Waals surface area contributed by atoms with Gasteiger partial charge in [0.05, 0.1) is 13.2 Å². The van der Waals surface area contributed by atoms with Crippen LogP contribution in [0.5, 0.6) is 5.75 Å². The molecule has 0 aliphatic heterocycles. The van der Waals surface area contributed by atoms with E-state index in [4.69, 9.17) is 14.6 Å². The summed E-state index contributed by atoms with van der Waals surface area (Å²) in [4.78, 5) is 21.9. The molecule has 0 radical (unpaired) electrons. The normalized spacial score (nSPS) is 10.3. The SMILES string of the molecule is C=CC(=O)OCCCCCCCCCCCOc1ccccc1C(=O)O. The highest BCUT2D eigenvalue weighted by molar-refractivity contribution is 5.90. The second-order valence-electron chi connectivity index (χ2n) is 6.20. The van der Waals surface area contributed by atoms with E-state index in [0.29, 0.717) is 19.0 Å². The molecule has 144 valence electrons. The van der Waals surface area contributed by atoms with Gasteiger partial charge < -0.3 is 14.6 Å². The van der Waals surface area contributed by atoms with Crippen LogP contribution in [0.1, 0.15) is 68.1 Å². The first-order valence-electron chi connectivity index (χ1n) is 9.39. The summed E-state index contributed by atoms with van der Waals surface area (Å²) in [5, 5.41) is 9.09. The van der Waals surface area contributed by atoms with Gasteiger partial charge in [0.15, 0.2) is 0 Å². The molecule has 1 rings (SSSR count). The van der Waals surface area contributed by atoms with Crippen molar-refractivity contribution in [2.24, 2.45) is 0 Å². The fourth-order valence-electron chi connectivity index (χ4n) is 2.62. The highest BCUT2D eigenvalue weighted by Crippen LogP contribution is 2.18. The van der Waals surface area contributed by atoms with Crippen molar-refractivity contribution in [2.45, 2.75) is 57.8 Å². The average molecular weight is 362 g/mol. The summed E-state index contributed by atoms with van der Waals surface area (Å²) in [5.74, 6) is -0.862. The molecule has 1 aromatic carbocycles. The number of aromatic carboxylic acids is 1. The summed E-state index contributed by atoms with van der Waals surface area (Å²) < 4.78 is 10.5. The Balaban J connectivity index is 1.92. The molecule has 26 heavy (non-hydrogen) atoms. The largest absolute Gasteiger partial charge is 0.493 e. The van der Waals surface area contributed by atoms with Crippen molar-refractivity contribution in [1.29, 1.82) is 0 Å². The van der Waals surface area contributed by atoms with E-state index in [1.165, 1.54) is 38.2 Å². The van der Waals surface area contributed by atoms with Gasteiger partial charge in [-0.25, -0.2) is 9.59 Å². The van der Waals surface area contributed by atoms with Gasteiger partial charge in [-0.15, -0.1) is 0 Å². The van der Waals surface area contributed by atoms with E-state index < -0.39 is 5.97 Å². The Morgan fingerprint density at radius 3 is 2.00 bits per heavy atom. The minimum atomic E-state index is -0.959. The van der Waals surface area contributed by atoms with Gasteiger partial charge in [-0.1, -0.05) is 63.7 Å². The lowest BCUT2D eigenvalue weighted by atomic mass is 10.1. The molecular formula is C21H30O5. The molecular weight excluding hydrogens is 332 g/mol. The van der Waals surface area contributed by atoms with Crippen LogP contribution >= 0.6 is 0 Å². The third kappa shape index (κ3) is 9.87. The third-order valence-corrected chi connectivity index (χ3v) is 4.07. The zero-order valence-electron chi connectivity index (χ0n) is 15.5. The van der Waals surface area contributed by atoms with Gasteiger partial charge in [-0.2, -0.15) is 0 Å². The molecule has 0 bridgehead atoms. The molecule has 1 N–H and O–H groups in total. The fourth-order valence-corrected chi connectivity index (χ4v) is 2.62. The number of rotatable bonds is 15. The quantitative estimate of drug-likeness (QED) is 0.270. The second-order valence-corrected chi connectivity index (χ2v) is 6.20. The van der Waals surface area contributed by atoms with Crippen molar-refractivity contribution < 1.29 is 24.2 Å². The number of para-hydroxylation sites is 1. The molecule has 1 aromatic rings. The molecule has 0 fully saturated rings. The molecule has 0 spiro atoms. The van der Waals surface area contributed by atoms with Crippen LogP contribution in [0.3, 0.4) is 0 Å². The maximum Gasteiger partial charge on any atom is 0.339 e. The van der Waals surface area contributed by atoms with Crippen molar-refractivity contribution >= 4 is 11.9 Å². The van der Waals surface area contributed by atoms with Crippen LogP contribution < -0.4 is 4.74 Å². The summed E-state index contributed by atoms with van der Waals surface area (Å²) in [5.41, 5.74) is 0.215. The highest BCUT2D eigenvalue weighted by atomic mass is 16.5. The van der Waals surface area contributed by atoms with Gasteiger partial charge in [0.1, 0.15) is 11.3 Å². The number of carbonyl (C=O) groups excluding carboxylic acids is 1. The van der Waals surface area contributed by atoms with Crippen molar-refractivity contribution in [2.75, 3.05) is 13.2 Å². The Labute approximate surface area is 156 Å². The second kappa shape index (κ2) is 13.9. The smallest absolute Gasteiger partial charge is 0.339 e. The molecule has 0 saturated heterocycles. The van der Waals surface area contributed by atoms with E-state index in [1.54, 1.807) is 24.3 Å². The minimum Gasteiger partial charge on any atom is -0.493 e. The molecule has 5 heteroatoms. The lowest BCUT2D eigenvalue weighted by Gasteiger charge is -2.08. The van der Waals surface area contributed by atoms with Gasteiger partial charge in [-0.3, -0.25) is 0 Å². The Morgan fingerprint density at radius 2 is 1.42 bits per heavy atom. The Morgan fingerprint density at radius 1 is 0.885 bits per heavy atom. The van der Waals surface area contributed by atoms with Crippen molar-refractivity contribution in [3.8, 4) is 5.75 Å². The molecule has 0 aromatic heterocycles. The lowest BCUT2D eigenvalue weighted by Crippen LogP contribution is -2.04. The summed E-state index contributed by atoms with van der Waals surface area (Å²) in [6.07, 6.45) is 11.2. The van der Waals surface area contributed by atoms with Gasteiger partial charge in [-0.05, 0) is 25.0 Å². The topological polar surface area (TPSA) is 72.8 Å². The van der Waals surface area contributed by atoms with Crippen LogP contribution in [0.25, 0.3) is 0 Å². The predicted octanol–water partition coefficient (Wildman–Crippen LogP) is 5.00. The summed E-state index contributed by atoms with van der Waals surface area (Å²) in [7, 11) is 0. The minimum absolute atomic E-state index is 0.215. The van der Waals surface area contributed by atoms with E-state index >= 15 is 0 Å². The van der Waals surface area contributed by atoms with Crippen LogP contribution in [0.15, 0.2) is 36.9 Å². The average Bonchev–Trinajstić information content (AvgIpc) is 2.65. The van der Waals surface area contributed by atoms with E-state index in [0.717, 1.165) is 25.7 Å². The molecule has 0 aliphatic carbocycles. The van der Waals surface area contributed by atoms with Gasteiger partial charge in [0.2, 0.25) is 0 Å². The van der Waals surface area contributed by atoms with Crippen LogP contribution in [-0.4, -0.2) is 30.3 Å². The van der Waals surface area contributed by atoms with E-state index in [-0.39, 0.29) is 11.5 Å². The molecule has 0 aliphatic rings. The number of carbonyl (C=O) groups is 2. The lowest BCUT2D eigenvalue weighted by molar-refractivity contribution is -0.137. The number of hydrogen-bond donors (Lipinski definition) is 1. The van der Waals surface area contributed by atoms with Crippen LogP contribution in [0.4, 0.5) is 0 Å². The van der Waals surface area contributed by atoms with E-state index in [1.807, 2.05) is 0 Å². The maximum absolute atomic E-state index is 11.1. The first kappa shape index (κ1) is 21.7. The van der Waals surface area contributed by atoms with Gasteiger partial charge in [0.25, 0.3) is 0 Å². The summed E-state index contributed by atoms with van der Waals surface area (Å²) in [6, 6.07) is 6.73. The number of carboxylic acids is 1. The first-order valence-corrected chi connectivity index (χ1v) is 9.39. The van der Waals surface area contributed by atoms with Crippen LogP contribution in [0, 0.1) is 0 Å².